The van der Waals surface area contributed by atoms with Crippen molar-refractivity contribution in [2.75, 3.05) is 20.8 Å². The van der Waals surface area contributed by atoms with E-state index >= 15 is 0 Å². The minimum atomic E-state index is -4.52. The van der Waals surface area contributed by atoms with Crippen molar-refractivity contribution in [1.82, 2.24) is 4.90 Å². The molecule has 0 spiro atoms. The monoisotopic (exact) mass is 516 g/mol. The molecule has 0 aromatic heterocycles. The van der Waals surface area contributed by atoms with Crippen LogP contribution in [0.25, 0.3) is 0 Å². The first kappa shape index (κ1) is 26.0. The number of nitrogens with zero attached hydrogens (tertiary/aromatic N) is 2. The van der Waals surface area contributed by atoms with Crippen LogP contribution < -0.4 is 9.47 Å². The molecule has 3 aromatic carbocycles. The van der Waals surface area contributed by atoms with E-state index in [1.807, 2.05) is 0 Å². The lowest BCUT2D eigenvalue weighted by Crippen LogP contribution is -2.37. The van der Waals surface area contributed by atoms with Gasteiger partial charge < -0.3 is 19.2 Å². The molecule has 1 aliphatic heterocycles. The molecule has 0 saturated heterocycles. The first-order valence-corrected chi connectivity index (χ1v) is 11.3. The number of carbonyl (C=O) groups excluding carboxylic acids is 1. The van der Waals surface area contributed by atoms with Crippen LogP contribution >= 0.6 is 0 Å². The fraction of sp³-hybridized carbons (Fsp3) is 0.259. The predicted octanol–water partition coefficient (Wildman–Crippen LogP) is 5.70. The molecular weight excluding hydrogens is 492 g/mol. The van der Waals surface area contributed by atoms with Crippen LogP contribution in [0.4, 0.5) is 17.6 Å². The third kappa shape index (κ3) is 6.19. The molecule has 194 valence electrons. The lowest BCUT2D eigenvalue weighted by molar-refractivity contribution is -0.137. The fourth-order valence-electron chi connectivity index (χ4n) is 4.05. The van der Waals surface area contributed by atoms with Crippen molar-refractivity contribution in [2.24, 2.45) is 5.16 Å². The van der Waals surface area contributed by atoms with Crippen molar-refractivity contribution >= 4 is 11.6 Å². The van der Waals surface area contributed by atoms with Crippen LogP contribution in [0.5, 0.6) is 11.5 Å². The van der Waals surface area contributed by atoms with Gasteiger partial charge in [0.15, 0.2) is 17.6 Å². The Balaban J connectivity index is 1.55. The number of rotatable bonds is 8. The van der Waals surface area contributed by atoms with Gasteiger partial charge in [-0.15, -0.1) is 0 Å². The van der Waals surface area contributed by atoms with Gasteiger partial charge in [0.1, 0.15) is 5.82 Å². The second-order valence-electron chi connectivity index (χ2n) is 8.43. The Morgan fingerprint density at radius 2 is 1.78 bits per heavy atom. The largest absolute Gasteiger partial charge is 0.493 e. The minimum absolute atomic E-state index is 0.0197. The van der Waals surface area contributed by atoms with Crippen molar-refractivity contribution in [2.45, 2.75) is 25.2 Å². The maximum Gasteiger partial charge on any atom is 0.416 e. The summed E-state index contributed by atoms with van der Waals surface area (Å²) in [5, 5.41) is 4.14. The molecule has 0 N–H and O–H groups in total. The summed E-state index contributed by atoms with van der Waals surface area (Å²) in [4.78, 5) is 20.2. The Bertz CT molecular complexity index is 1310. The lowest BCUT2D eigenvalue weighted by Gasteiger charge is -2.25. The van der Waals surface area contributed by atoms with Crippen LogP contribution in [-0.4, -0.2) is 43.4 Å². The number of amides is 1. The predicted molar refractivity (Wildman–Crippen MR) is 128 cm³/mol. The Morgan fingerprint density at radius 3 is 2.49 bits per heavy atom. The Hall–Kier alpha value is -4.08. The summed E-state index contributed by atoms with van der Waals surface area (Å²) < 4.78 is 64.1. The van der Waals surface area contributed by atoms with E-state index in [-0.39, 0.29) is 24.2 Å². The minimum Gasteiger partial charge on any atom is -0.493 e. The highest BCUT2D eigenvalue weighted by Crippen LogP contribution is 2.31. The molecule has 0 saturated carbocycles. The zero-order valence-electron chi connectivity index (χ0n) is 20.1. The van der Waals surface area contributed by atoms with Gasteiger partial charge in [-0.25, -0.2) is 4.39 Å². The summed E-state index contributed by atoms with van der Waals surface area (Å²) in [5.74, 6) is -0.0741. The van der Waals surface area contributed by atoms with Gasteiger partial charge >= 0.3 is 6.18 Å². The zero-order chi connectivity index (χ0) is 26.6. The second-order valence-corrected chi connectivity index (χ2v) is 8.43. The van der Waals surface area contributed by atoms with E-state index in [0.29, 0.717) is 23.6 Å². The molecule has 37 heavy (non-hydrogen) atoms. The van der Waals surface area contributed by atoms with Crippen LogP contribution in [0.1, 0.15) is 33.5 Å². The molecule has 1 atom stereocenters. The lowest BCUT2D eigenvalue weighted by atomic mass is 10.0. The third-order valence-corrected chi connectivity index (χ3v) is 5.86. The number of hydrogen-bond donors (Lipinski definition) is 0. The molecule has 0 bridgehead atoms. The SMILES string of the molecule is COc1ccc(C2=NO[C@@H](CN(Cc3cccc(C(F)(F)F)c3)C(=O)c3cccc(F)c3)C2)cc1OC. The molecule has 0 aliphatic carbocycles. The van der Waals surface area contributed by atoms with Gasteiger partial charge in [-0.05, 0) is 54.1 Å². The van der Waals surface area contributed by atoms with Gasteiger partial charge in [-0.2, -0.15) is 13.2 Å². The molecule has 1 amide bonds. The molecule has 0 fully saturated rings. The number of benzene rings is 3. The standard InChI is InChI=1S/C27H24F4N2O4/c1-35-24-10-9-18(13-25(24)36-2)23-14-22(37-32-23)16-33(26(34)19-6-4-8-21(28)12-19)15-17-5-3-7-20(11-17)27(29,30)31/h3-13,22H,14-16H2,1-2H3/t22-/m1/s1. The van der Waals surface area contributed by atoms with E-state index in [1.165, 1.54) is 49.5 Å². The molecule has 1 aliphatic rings. The maximum absolute atomic E-state index is 13.8. The van der Waals surface area contributed by atoms with Gasteiger partial charge in [0.2, 0.25) is 0 Å². The number of alkyl halides is 3. The summed E-state index contributed by atoms with van der Waals surface area (Å²) in [5.41, 5.74) is 0.883. The number of ether oxygens (including phenoxy) is 2. The molecule has 1 heterocycles. The second kappa shape index (κ2) is 10.9. The Kier molecular flexibility index (Phi) is 7.66. The van der Waals surface area contributed by atoms with E-state index < -0.39 is 29.6 Å². The van der Waals surface area contributed by atoms with Crippen LogP contribution in [0.2, 0.25) is 0 Å². The molecule has 0 unspecified atom stereocenters. The summed E-state index contributed by atoms with van der Waals surface area (Å²) in [7, 11) is 3.04. The van der Waals surface area contributed by atoms with Gasteiger partial charge in [0.25, 0.3) is 5.91 Å². The normalized spacial score (nSPS) is 15.1. The summed E-state index contributed by atoms with van der Waals surface area (Å²) in [6, 6.07) is 15.2. The van der Waals surface area contributed by atoms with Crippen molar-refractivity contribution in [3.8, 4) is 11.5 Å². The van der Waals surface area contributed by atoms with Gasteiger partial charge in [-0.3, -0.25) is 4.79 Å². The quantitative estimate of drug-likeness (QED) is 0.361. The number of methoxy groups -OCH3 is 2. The van der Waals surface area contributed by atoms with Gasteiger partial charge in [0.05, 0.1) is 32.0 Å². The first-order chi connectivity index (χ1) is 17.7. The highest BCUT2D eigenvalue weighted by atomic mass is 19.4. The van der Waals surface area contributed by atoms with Gasteiger partial charge in [-0.1, -0.05) is 23.4 Å². The first-order valence-electron chi connectivity index (χ1n) is 11.3. The maximum atomic E-state index is 13.8. The number of carbonyl (C=O) groups is 1. The van der Waals surface area contributed by atoms with Crippen LogP contribution in [-0.2, 0) is 17.6 Å². The summed E-state index contributed by atoms with van der Waals surface area (Å²) in [6.07, 6.45) is -4.75. The van der Waals surface area contributed by atoms with Crippen LogP contribution in [0.15, 0.2) is 71.9 Å². The van der Waals surface area contributed by atoms with E-state index in [2.05, 4.69) is 5.16 Å². The molecule has 4 rings (SSSR count). The fourth-order valence-corrected chi connectivity index (χ4v) is 4.05. The molecule has 3 aromatic rings. The van der Waals surface area contributed by atoms with Crippen LogP contribution in [0.3, 0.4) is 0 Å². The van der Waals surface area contributed by atoms with E-state index in [9.17, 15) is 22.4 Å². The highest BCUT2D eigenvalue weighted by molar-refractivity contribution is 6.02. The van der Waals surface area contributed by atoms with E-state index in [0.717, 1.165) is 23.8 Å². The Morgan fingerprint density at radius 1 is 1.03 bits per heavy atom. The average molecular weight is 516 g/mol. The smallest absolute Gasteiger partial charge is 0.416 e. The zero-order valence-corrected chi connectivity index (χ0v) is 20.1. The van der Waals surface area contributed by atoms with Crippen molar-refractivity contribution in [3.63, 3.8) is 0 Å². The summed E-state index contributed by atoms with van der Waals surface area (Å²) in [6.45, 7) is -0.114. The molecule has 10 heteroatoms. The van der Waals surface area contributed by atoms with Crippen molar-refractivity contribution in [3.05, 3.63) is 94.8 Å². The van der Waals surface area contributed by atoms with Crippen LogP contribution in [0, 0.1) is 5.82 Å². The highest BCUT2D eigenvalue weighted by Gasteiger charge is 2.31. The topological polar surface area (TPSA) is 60.4 Å². The number of halogens is 4. The molecule has 0 radical (unpaired) electrons. The van der Waals surface area contributed by atoms with Crippen molar-refractivity contribution in [1.29, 1.82) is 0 Å². The Labute approximate surface area is 211 Å². The van der Waals surface area contributed by atoms with Crippen molar-refractivity contribution < 1.29 is 36.7 Å². The third-order valence-electron chi connectivity index (χ3n) is 5.86. The van der Waals surface area contributed by atoms with Gasteiger partial charge in [0, 0.05) is 24.1 Å². The number of oxime groups is 1. The van der Waals surface area contributed by atoms with E-state index in [1.54, 1.807) is 18.2 Å². The average Bonchev–Trinajstić information content (AvgIpc) is 3.35. The van der Waals surface area contributed by atoms with E-state index in [4.69, 9.17) is 14.3 Å². The summed E-state index contributed by atoms with van der Waals surface area (Å²) >= 11 is 0. The molecular formula is C27H24F4N2O4. The molecule has 6 nitrogen and oxygen atoms in total. The number of hydrogen-bond acceptors (Lipinski definition) is 5.